The first-order valence-electron chi connectivity index (χ1n) is 15.0. The minimum atomic E-state index is 0. The van der Waals surface area contributed by atoms with Gasteiger partial charge in [-0.3, -0.25) is 4.79 Å². The zero-order valence-corrected chi connectivity index (χ0v) is 25.5. The summed E-state index contributed by atoms with van der Waals surface area (Å²) < 4.78 is 7.51. The predicted octanol–water partition coefficient (Wildman–Crippen LogP) is 5.04. The van der Waals surface area contributed by atoms with E-state index in [-0.39, 0.29) is 23.6 Å². The zero-order chi connectivity index (χ0) is 27.5. The molecular formula is C30H41Cl2N7O2. The quantitative estimate of drug-likeness (QED) is 0.351. The molecule has 3 aliphatic rings. The minimum Gasteiger partial charge on any atom is -0.494 e. The molecule has 2 aromatic heterocycles. The molecule has 1 aliphatic carbocycles. The predicted molar refractivity (Wildman–Crippen MR) is 164 cm³/mol. The Morgan fingerprint density at radius 2 is 1.76 bits per heavy atom. The molecule has 3 fully saturated rings. The van der Waals surface area contributed by atoms with Crippen LogP contribution in [0, 0.1) is 5.92 Å². The standard InChI is InChI=1S/C30H40ClN7O2.ClH/c1-2-40-25-8-6-7-22(19-25)21-38-28-26(20-32-38)27(33-30(31)34-28)36-15-17-37(18-16-36)29(39)23-9-11-24(12-10-23)35-13-4-3-5-14-35;/h6-8,19-20,23-24H,2-5,9-18,21H2,1H3;1H/t23-,24-;. The summed E-state index contributed by atoms with van der Waals surface area (Å²) in [5, 5.41) is 5.71. The van der Waals surface area contributed by atoms with Crippen molar-refractivity contribution >= 4 is 46.8 Å². The molecule has 0 radical (unpaired) electrons. The van der Waals surface area contributed by atoms with Gasteiger partial charge in [0.25, 0.3) is 0 Å². The fraction of sp³-hybridized carbons (Fsp3) is 0.600. The van der Waals surface area contributed by atoms with E-state index in [1.807, 2.05) is 36.0 Å². The second kappa shape index (κ2) is 13.6. The highest BCUT2D eigenvalue weighted by Crippen LogP contribution is 2.32. The van der Waals surface area contributed by atoms with E-state index in [0.717, 1.165) is 61.3 Å². The molecule has 2 saturated heterocycles. The van der Waals surface area contributed by atoms with E-state index in [4.69, 9.17) is 16.3 Å². The number of anilines is 1. The lowest BCUT2D eigenvalue weighted by Gasteiger charge is -2.41. The van der Waals surface area contributed by atoms with Crippen LogP contribution in [0.2, 0.25) is 5.28 Å². The van der Waals surface area contributed by atoms with Crippen LogP contribution in [0.5, 0.6) is 5.75 Å². The highest BCUT2D eigenvalue weighted by molar-refractivity contribution is 6.28. The van der Waals surface area contributed by atoms with Crippen LogP contribution in [-0.4, -0.2) is 87.4 Å². The molecule has 6 rings (SSSR count). The van der Waals surface area contributed by atoms with Crippen molar-refractivity contribution in [3.05, 3.63) is 41.3 Å². The van der Waals surface area contributed by atoms with Gasteiger partial charge in [-0.2, -0.15) is 15.1 Å². The summed E-state index contributed by atoms with van der Waals surface area (Å²) in [6.07, 6.45) is 10.2. The molecule has 222 valence electrons. The van der Waals surface area contributed by atoms with Crippen molar-refractivity contribution in [2.24, 2.45) is 5.92 Å². The maximum Gasteiger partial charge on any atom is 0.226 e. The highest BCUT2D eigenvalue weighted by atomic mass is 35.5. The average molecular weight is 603 g/mol. The van der Waals surface area contributed by atoms with Gasteiger partial charge < -0.3 is 19.4 Å². The van der Waals surface area contributed by atoms with Gasteiger partial charge in [0.2, 0.25) is 11.2 Å². The summed E-state index contributed by atoms with van der Waals surface area (Å²) in [6.45, 7) is 8.48. The third-order valence-corrected chi connectivity index (χ3v) is 9.00. The molecule has 1 saturated carbocycles. The van der Waals surface area contributed by atoms with Crippen LogP contribution in [-0.2, 0) is 11.3 Å². The summed E-state index contributed by atoms with van der Waals surface area (Å²) in [4.78, 5) is 29.5. The Labute approximate surface area is 253 Å². The SMILES string of the molecule is CCOc1cccc(Cn2ncc3c(N4CCN(C(=O)[C@H]5CC[C@H](N6CCCCC6)CC5)CC4)nc(Cl)nc32)c1.Cl. The van der Waals surface area contributed by atoms with Crippen molar-refractivity contribution in [1.82, 2.24) is 29.5 Å². The van der Waals surface area contributed by atoms with E-state index >= 15 is 0 Å². The lowest BCUT2D eigenvalue weighted by molar-refractivity contribution is -0.137. The van der Waals surface area contributed by atoms with Crippen LogP contribution < -0.4 is 9.64 Å². The molecule has 0 bridgehead atoms. The smallest absolute Gasteiger partial charge is 0.226 e. The topological polar surface area (TPSA) is 79.6 Å². The van der Waals surface area contributed by atoms with Gasteiger partial charge in [0.1, 0.15) is 11.6 Å². The van der Waals surface area contributed by atoms with Crippen LogP contribution >= 0.6 is 24.0 Å². The Hall–Kier alpha value is -2.62. The summed E-state index contributed by atoms with van der Waals surface area (Å²) in [7, 11) is 0. The number of hydrogen-bond donors (Lipinski definition) is 0. The van der Waals surface area contributed by atoms with Gasteiger partial charge in [-0.05, 0) is 87.8 Å². The zero-order valence-electron chi connectivity index (χ0n) is 23.9. The molecule has 0 spiro atoms. The summed E-state index contributed by atoms with van der Waals surface area (Å²) in [5.74, 6) is 2.14. The lowest BCUT2D eigenvalue weighted by Crippen LogP contribution is -2.51. The number of piperazine rings is 1. The van der Waals surface area contributed by atoms with E-state index in [1.54, 1.807) is 0 Å². The number of ether oxygens (including phenoxy) is 1. The monoisotopic (exact) mass is 601 g/mol. The number of benzene rings is 1. The van der Waals surface area contributed by atoms with Gasteiger partial charge in [-0.15, -0.1) is 12.4 Å². The molecule has 41 heavy (non-hydrogen) atoms. The number of hydrogen-bond acceptors (Lipinski definition) is 7. The summed E-state index contributed by atoms with van der Waals surface area (Å²) in [5.41, 5.74) is 1.78. The van der Waals surface area contributed by atoms with Crippen LogP contribution in [0.25, 0.3) is 11.0 Å². The molecule has 0 N–H and O–H groups in total. The van der Waals surface area contributed by atoms with Crippen molar-refractivity contribution in [2.45, 2.75) is 64.5 Å². The molecule has 1 aromatic carbocycles. The van der Waals surface area contributed by atoms with Crippen molar-refractivity contribution in [3.8, 4) is 5.75 Å². The largest absolute Gasteiger partial charge is 0.494 e. The first kappa shape index (κ1) is 29.9. The van der Waals surface area contributed by atoms with Crippen molar-refractivity contribution in [2.75, 3.05) is 50.8 Å². The van der Waals surface area contributed by atoms with Gasteiger partial charge in [0.15, 0.2) is 5.65 Å². The van der Waals surface area contributed by atoms with E-state index in [9.17, 15) is 4.79 Å². The highest BCUT2D eigenvalue weighted by Gasteiger charge is 2.33. The number of carbonyl (C=O) groups is 1. The molecular weight excluding hydrogens is 561 g/mol. The van der Waals surface area contributed by atoms with E-state index < -0.39 is 0 Å². The number of piperidine rings is 1. The second-order valence-corrected chi connectivity index (χ2v) is 11.7. The molecule has 2 aliphatic heterocycles. The van der Waals surface area contributed by atoms with E-state index in [0.29, 0.717) is 43.8 Å². The van der Waals surface area contributed by atoms with Crippen LogP contribution in [0.3, 0.4) is 0 Å². The number of aromatic nitrogens is 4. The number of carbonyl (C=O) groups excluding carboxylic acids is 1. The molecule has 0 unspecified atom stereocenters. The molecule has 0 atom stereocenters. The van der Waals surface area contributed by atoms with Gasteiger partial charge in [-0.25, -0.2) is 4.68 Å². The minimum absolute atomic E-state index is 0. The summed E-state index contributed by atoms with van der Waals surface area (Å²) in [6, 6.07) is 8.70. The Morgan fingerprint density at radius 1 is 1.00 bits per heavy atom. The second-order valence-electron chi connectivity index (χ2n) is 11.4. The number of nitrogens with zero attached hydrogens (tertiary/aromatic N) is 7. The average Bonchev–Trinajstić information content (AvgIpc) is 3.39. The van der Waals surface area contributed by atoms with Gasteiger partial charge in [-0.1, -0.05) is 18.6 Å². The summed E-state index contributed by atoms with van der Waals surface area (Å²) >= 11 is 6.41. The first-order chi connectivity index (χ1) is 19.6. The number of fused-ring (bicyclic) bond motifs is 1. The van der Waals surface area contributed by atoms with Gasteiger partial charge in [0.05, 0.1) is 24.7 Å². The molecule has 3 aromatic rings. The van der Waals surface area contributed by atoms with E-state index in [2.05, 4.69) is 35.8 Å². The third-order valence-electron chi connectivity index (χ3n) is 8.83. The number of amides is 1. The Bertz CT molecular complexity index is 1310. The number of halogens is 2. The van der Waals surface area contributed by atoms with E-state index in [1.165, 1.54) is 32.4 Å². The maximum absolute atomic E-state index is 13.4. The fourth-order valence-corrected chi connectivity index (χ4v) is 6.87. The van der Waals surface area contributed by atoms with Crippen LogP contribution in [0.1, 0.15) is 57.4 Å². The molecule has 9 nitrogen and oxygen atoms in total. The van der Waals surface area contributed by atoms with Crippen molar-refractivity contribution < 1.29 is 9.53 Å². The first-order valence-corrected chi connectivity index (χ1v) is 15.4. The Morgan fingerprint density at radius 3 is 2.49 bits per heavy atom. The lowest BCUT2D eigenvalue weighted by atomic mass is 9.83. The Balaban J connectivity index is 0.00000337. The number of rotatable bonds is 7. The van der Waals surface area contributed by atoms with Gasteiger partial charge in [0, 0.05) is 38.1 Å². The molecule has 4 heterocycles. The number of likely N-dealkylation sites (tertiary alicyclic amines) is 1. The maximum atomic E-state index is 13.4. The van der Waals surface area contributed by atoms with Crippen molar-refractivity contribution in [1.29, 1.82) is 0 Å². The van der Waals surface area contributed by atoms with Gasteiger partial charge >= 0.3 is 0 Å². The van der Waals surface area contributed by atoms with Crippen LogP contribution in [0.15, 0.2) is 30.5 Å². The fourth-order valence-electron chi connectivity index (χ4n) is 6.71. The molecule has 1 amide bonds. The van der Waals surface area contributed by atoms with Crippen LogP contribution in [0.4, 0.5) is 5.82 Å². The normalized spacial score (nSPS) is 22.0. The third kappa shape index (κ3) is 6.73. The Kier molecular flexibility index (Phi) is 9.88. The molecule has 11 heteroatoms. The van der Waals surface area contributed by atoms with Crippen molar-refractivity contribution in [3.63, 3.8) is 0 Å².